The molecule has 19 heavy (non-hydrogen) atoms. The fourth-order valence-electron chi connectivity index (χ4n) is 2.80. The van der Waals surface area contributed by atoms with Gasteiger partial charge < -0.3 is 5.73 Å². The zero-order valence-corrected chi connectivity index (χ0v) is 11.4. The van der Waals surface area contributed by atoms with Crippen LogP contribution in [0.3, 0.4) is 0 Å². The second-order valence-corrected chi connectivity index (χ2v) is 8.03. The molecule has 1 fully saturated rings. The van der Waals surface area contributed by atoms with Gasteiger partial charge in [0.25, 0.3) is 0 Å². The van der Waals surface area contributed by atoms with Crippen LogP contribution in [0.2, 0.25) is 0 Å². The topological polar surface area (TPSA) is 26.0 Å². The average molecular weight is 301 g/mol. The van der Waals surface area contributed by atoms with Gasteiger partial charge in [-0.25, -0.2) is 0 Å². The zero-order chi connectivity index (χ0) is 14.8. The van der Waals surface area contributed by atoms with Crippen molar-refractivity contribution in [2.75, 3.05) is 0 Å². The first-order valence-electron chi connectivity index (χ1n) is 5.84. The summed E-state index contributed by atoms with van der Waals surface area (Å²) >= 11 is 0. The maximum atomic E-state index is 12.8. The van der Waals surface area contributed by atoms with Crippen molar-refractivity contribution in [2.24, 2.45) is 11.7 Å². The Balaban J connectivity index is 2.49. The molecule has 0 radical (unpaired) electrons. The highest BCUT2D eigenvalue weighted by molar-refractivity contribution is 8.45. The van der Waals surface area contributed by atoms with Crippen LogP contribution < -0.4 is 5.73 Å². The van der Waals surface area contributed by atoms with Crippen molar-refractivity contribution in [1.82, 2.24) is 0 Å². The lowest BCUT2D eigenvalue weighted by molar-refractivity contribution is 0.129. The van der Waals surface area contributed by atoms with Crippen LogP contribution in [0.15, 0.2) is 29.2 Å². The fourth-order valence-corrected chi connectivity index (χ4v) is 3.49. The van der Waals surface area contributed by atoms with E-state index in [1.54, 1.807) is 6.92 Å². The molecular formula is C12H16F5NS. The standard InChI is InChI=1S/C12H16F5NS/c1-8-7-12(2,11(8)18)9-4-3-5-10(6-9)19(13,14,15,16)17/h3-6,8,11H,7,18H2,1-2H3/t8?,11-,12+/m1/s1. The summed E-state index contributed by atoms with van der Waals surface area (Å²) in [6.45, 7) is 3.60. The van der Waals surface area contributed by atoms with Gasteiger partial charge in [0.05, 0.1) is 0 Å². The van der Waals surface area contributed by atoms with Crippen molar-refractivity contribution in [3.8, 4) is 0 Å². The van der Waals surface area contributed by atoms with Gasteiger partial charge in [-0.05, 0) is 30.0 Å². The normalized spacial score (nSPS) is 35.2. The molecule has 110 valence electrons. The Bertz CT molecular complexity index is 526. The third-order valence-corrected chi connectivity index (χ3v) is 5.18. The number of halogens is 5. The van der Waals surface area contributed by atoms with Gasteiger partial charge in [-0.2, -0.15) is 0 Å². The quantitative estimate of drug-likeness (QED) is 0.767. The summed E-state index contributed by atoms with van der Waals surface area (Å²) in [5.74, 6) is 0.175. The Labute approximate surface area is 108 Å². The van der Waals surface area contributed by atoms with Crippen LogP contribution in [-0.2, 0) is 5.41 Å². The zero-order valence-electron chi connectivity index (χ0n) is 10.5. The Kier molecular flexibility index (Phi) is 2.50. The van der Waals surface area contributed by atoms with Gasteiger partial charge in [-0.1, -0.05) is 45.4 Å². The smallest absolute Gasteiger partial charge is 0.310 e. The maximum Gasteiger partial charge on any atom is 0.310 e. The van der Waals surface area contributed by atoms with Crippen molar-refractivity contribution >= 4 is 10.2 Å². The van der Waals surface area contributed by atoms with Crippen molar-refractivity contribution in [3.63, 3.8) is 0 Å². The van der Waals surface area contributed by atoms with Gasteiger partial charge in [-0.15, -0.1) is 0 Å². The highest BCUT2D eigenvalue weighted by atomic mass is 32.5. The minimum Gasteiger partial charge on any atom is -0.327 e. The Morgan fingerprint density at radius 3 is 2.21 bits per heavy atom. The van der Waals surface area contributed by atoms with Crippen molar-refractivity contribution in [1.29, 1.82) is 0 Å². The Hall–Kier alpha value is -0.820. The molecule has 7 heteroatoms. The number of hydrogen-bond donors (Lipinski definition) is 1. The van der Waals surface area contributed by atoms with Crippen LogP contribution in [0.25, 0.3) is 0 Å². The molecule has 0 amide bonds. The van der Waals surface area contributed by atoms with Crippen LogP contribution in [0.4, 0.5) is 19.4 Å². The number of hydrogen-bond acceptors (Lipinski definition) is 1. The van der Waals surface area contributed by atoms with E-state index in [2.05, 4.69) is 0 Å². The van der Waals surface area contributed by atoms with Gasteiger partial charge in [0, 0.05) is 11.5 Å². The van der Waals surface area contributed by atoms with E-state index in [1.807, 2.05) is 6.92 Å². The third kappa shape index (κ3) is 2.45. The summed E-state index contributed by atoms with van der Waals surface area (Å²) in [5, 5.41) is 0. The molecule has 1 saturated carbocycles. The largest absolute Gasteiger partial charge is 0.327 e. The molecule has 3 atom stereocenters. The molecule has 1 aromatic carbocycles. The van der Waals surface area contributed by atoms with Gasteiger partial charge in [-0.3, -0.25) is 0 Å². The minimum absolute atomic E-state index is 0.175. The molecule has 1 aromatic rings. The molecule has 0 heterocycles. The van der Waals surface area contributed by atoms with Gasteiger partial charge >= 0.3 is 10.2 Å². The van der Waals surface area contributed by atoms with Crippen molar-refractivity contribution in [3.05, 3.63) is 29.8 Å². The van der Waals surface area contributed by atoms with E-state index in [0.29, 0.717) is 18.6 Å². The van der Waals surface area contributed by atoms with Crippen LogP contribution >= 0.6 is 10.2 Å². The molecule has 0 spiro atoms. The highest BCUT2D eigenvalue weighted by Gasteiger charge is 2.65. The predicted octanol–water partition coefficient (Wildman–Crippen LogP) is 4.97. The van der Waals surface area contributed by atoms with E-state index < -0.39 is 20.5 Å². The SMILES string of the molecule is CC1C[C@@](C)(c2cccc(S(F)(F)(F)(F)F)c2)[C@@H]1N. The van der Waals surface area contributed by atoms with Crippen LogP contribution in [0.5, 0.6) is 0 Å². The Morgan fingerprint density at radius 2 is 1.79 bits per heavy atom. The second-order valence-electron chi connectivity index (χ2n) is 5.62. The van der Waals surface area contributed by atoms with Gasteiger partial charge in [0.15, 0.2) is 0 Å². The van der Waals surface area contributed by atoms with Crippen molar-refractivity contribution < 1.29 is 19.4 Å². The maximum absolute atomic E-state index is 12.8. The summed E-state index contributed by atoms with van der Waals surface area (Å²) in [6, 6.07) is 3.10. The first-order chi connectivity index (χ1) is 8.24. The van der Waals surface area contributed by atoms with Crippen LogP contribution in [0.1, 0.15) is 25.8 Å². The predicted molar refractivity (Wildman–Crippen MR) is 66.9 cm³/mol. The lowest BCUT2D eigenvalue weighted by atomic mass is 9.57. The fraction of sp³-hybridized carbons (Fsp3) is 0.500. The highest BCUT2D eigenvalue weighted by Crippen LogP contribution is 3.02. The summed E-state index contributed by atoms with van der Waals surface area (Å²) in [7, 11) is -9.62. The van der Waals surface area contributed by atoms with Crippen LogP contribution in [0, 0.1) is 5.92 Å². The lowest BCUT2D eigenvalue weighted by Crippen LogP contribution is -2.58. The molecule has 0 aromatic heterocycles. The van der Waals surface area contributed by atoms with E-state index in [1.165, 1.54) is 6.07 Å². The van der Waals surface area contributed by atoms with Gasteiger partial charge in [0.2, 0.25) is 0 Å². The summed E-state index contributed by atoms with van der Waals surface area (Å²) in [6.07, 6.45) is 0.595. The first kappa shape index (κ1) is 14.6. The molecule has 1 aliphatic rings. The van der Waals surface area contributed by atoms with E-state index in [-0.39, 0.29) is 17.5 Å². The van der Waals surface area contributed by atoms with E-state index in [4.69, 9.17) is 5.73 Å². The minimum atomic E-state index is -9.62. The van der Waals surface area contributed by atoms with Crippen LogP contribution in [-0.4, -0.2) is 6.04 Å². The number of benzene rings is 1. The van der Waals surface area contributed by atoms with E-state index >= 15 is 0 Å². The summed E-state index contributed by atoms with van der Waals surface area (Å²) in [5.41, 5.74) is 5.46. The molecule has 0 aliphatic heterocycles. The monoisotopic (exact) mass is 301 g/mol. The summed E-state index contributed by atoms with van der Waals surface area (Å²) < 4.78 is 63.9. The molecule has 2 N–H and O–H groups in total. The van der Waals surface area contributed by atoms with Crippen molar-refractivity contribution in [2.45, 2.75) is 36.6 Å². The van der Waals surface area contributed by atoms with Gasteiger partial charge in [0.1, 0.15) is 4.90 Å². The molecule has 1 aliphatic carbocycles. The molecule has 1 unspecified atom stereocenters. The molecule has 1 nitrogen and oxygen atoms in total. The Morgan fingerprint density at radius 1 is 1.21 bits per heavy atom. The molecule has 0 saturated heterocycles. The second kappa shape index (κ2) is 3.25. The molecular weight excluding hydrogens is 285 g/mol. The molecule has 2 rings (SSSR count). The number of nitrogens with two attached hydrogens (primary N) is 1. The molecule has 0 bridgehead atoms. The summed E-state index contributed by atoms with van der Waals surface area (Å²) in [4.78, 5) is -1.84. The lowest BCUT2D eigenvalue weighted by Gasteiger charge is -2.51. The van der Waals surface area contributed by atoms with E-state index in [9.17, 15) is 19.4 Å². The average Bonchev–Trinajstić information content (AvgIpc) is 2.26. The third-order valence-electron chi connectivity index (χ3n) is 4.03. The first-order valence-corrected chi connectivity index (χ1v) is 7.79. The number of rotatable bonds is 2. The van der Waals surface area contributed by atoms with E-state index in [0.717, 1.165) is 6.07 Å².